The smallest absolute Gasteiger partial charge is 0.326 e. The van der Waals surface area contributed by atoms with Crippen LogP contribution in [0.2, 0.25) is 0 Å². The van der Waals surface area contributed by atoms with Crippen LogP contribution in [0.5, 0.6) is 0 Å². The summed E-state index contributed by atoms with van der Waals surface area (Å²) in [6.07, 6.45) is 1.72. The molecule has 17 heavy (non-hydrogen) atoms. The van der Waals surface area contributed by atoms with Gasteiger partial charge in [0.25, 0.3) is 0 Å². The van der Waals surface area contributed by atoms with Gasteiger partial charge in [0.2, 0.25) is 0 Å². The predicted molar refractivity (Wildman–Crippen MR) is 66.9 cm³/mol. The number of nitrogens with one attached hydrogen (secondary N) is 1. The number of urea groups is 1. The number of carboxylic acid groups (broad SMARTS) is 1. The molecule has 0 aliphatic rings. The van der Waals surface area contributed by atoms with E-state index < -0.39 is 12.0 Å². The van der Waals surface area contributed by atoms with Crippen molar-refractivity contribution in [2.75, 3.05) is 7.05 Å². The van der Waals surface area contributed by atoms with Gasteiger partial charge in [-0.25, -0.2) is 9.59 Å². The van der Waals surface area contributed by atoms with Crippen LogP contribution in [-0.4, -0.2) is 41.1 Å². The quantitative estimate of drug-likeness (QED) is 0.750. The minimum absolute atomic E-state index is 0.133. The summed E-state index contributed by atoms with van der Waals surface area (Å²) in [7, 11) is 1.70. The second-order valence-electron chi connectivity index (χ2n) is 4.59. The van der Waals surface area contributed by atoms with E-state index in [0.717, 1.165) is 12.8 Å². The summed E-state index contributed by atoms with van der Waals surface area (Å²) in [4.78, 5) is 24.4. The van der Waals surface area contributed by atoms with Crippen LogP contribution in [0.3, 0.4) is 0 Å². The van der Waals surface area contributed by atoms with Gasteiger partial charge in [-0.1, -0.05) is 27.7 Å². The highest BCUT2D eigenvalue weighted by Gasteiger charge is 2.26. The molecular weight excluding hydrogens is 220 g/mol. The van der Waals surface area contributed by atoms with Gasteiger partial charge in [-0.15, -0.1) is 0 Å². The second kappa shape index (κ2) is 7.14. The highest BCUT2D eigenvalue weighted by Crippen LogP contribution is 2.08. The molecule has 0 saturated carbocycles. The van der Waals surface area contributed by atoms with E-state index in [1.807, 2.05) is 13.8 Å². The zero-order valence-electron chi connectivity index (χ0n) is 11.4. The van der Waals surface area contributed by atoms with E-state index in [9.17, 15) is 9.59 Å². The van der Waals surface area contributed by atoms with Crippen LogP contribution in [-0.2, 0) is 4.79 Å². The van der Waals surface area contributed by atoms with E-state index in [1.165, 1.54) is 0 Å². The van der Waals surface area contributed by atoms with E-state index in [0.29, 0.717) is 0 Å². The Labute approximate surface area is 103 Å². The fourth-order valence-electron chi connectivity index (χ4n) is 1.75. The van der Waals surface area contributed by atoms with E-state index >= 15 is 0 Å². The van der Waals surface area contributed by atoms with Gasteiger partial charge in [0.05, 0.1) is 0 Å². The average molecular weight is 244 g/mol. The Hall–Kier alpha value is -1.26. The average Bonchev–Trinajstić information content (AvgIpc) is 2.25. The van der Waals surface area contributed by atoms with Crippen molar-refractivity contribution in [1.29, 1.82) is 0 Å². The minimum atomic E-state index is -0.994. The monoisotopic (exact) mass is 244 g/mol. The number of carboxylic acids is 1. The lowest BCUT2D eigenvalue weighted by molar-refractivity contribution is -0.140. The Morgan fingerprint density at radius 3 is 2.00 bits per heavy atom. The van der Waals surface area contributed by atoms with Gasteiger partial charge in [-0.2, -0.15) is 0 Å². The predicted octanol–water partition coefficient (Wildman–Crippen LogP) is 1.93. The number of carbonyl (C=O) groups excluding carboxylic acids is 1. The zero-order chi connectivity index (χ0) is 13.6. The van der Waals surface area contributed by atoms with Gasteiger partial charge in [-0.05, 0) is 18.8 Å². The first kappa shape index (κ1) is 15.7. The molecule has 5 heteroatoms. The first-order chi connectivity index (χ1) is 7.84. The van der Waals surface area contributed by atoms with Crippen molar-refractivity contribution in [3.63, 3.8) is 0 Å². The SMILES string of the molecule is CCC(CC)N(C)C(=O)N[C@@H](C(=O)O)C(C)C. The lowest BCUT2D eigenvalue weighted by atomic mass is 10.1. The molecule has 1 atom stereocenters. The number of hydrogen-bond donors (Lipinski definition) is 2. The van der Waals surface area contributed by atoms with Crippen LogP contribution in [0.4, 0.5) is 4.79 Å². The molecule has 0 aromatic rings. The molecule has 0 saturated heterocycles. The largest absolute Gasteiger partial charge is 0.480 e. The molecule has 0 heterocycles. The molecule has 0 aromatic carbocycles. The summed E-state index contributed by atoms with van der Waals surface area (Å²) in [5.41, 5.74) is 0. The van der Waals surface area contributed by atoms with Gasteiger partial charge in [-0.3, -0.25) is 0 Å². The van der Waals surface area contributed by atoms with Crippen molar-refractivity contribution < 1.29 is 14.7 Å². The van der Waals surface area contributed by atoms with Crippen molar-refractivity contribution in [2.45, 2.75) is 52.6 Å². The van der Waals surface area contributed by atoms with Crippen molar-refractivity contribution in [3.05, 3.63) is 0 Å². The lowest BCUT2D eigenvalue weighted by Gasteiger charge is -2.28. The third-order valence-corrected chi connectivity index (χ3v) is 3.02. The van der Waals surface area contributed by atoms with Gasteiger partial charge in [0.1, 0.15) is 6.04 Å². The minimum Gasteiger partial charge on any atom is -0.480 e. The molecule has 0 aromatic heterocycles. The maximum Gasteiger partial charge on any atom is 0.326 e. The van der Waals surface area contributed by atoms with Gasteiger partial charge < -0.3 is 15.3 Å². The summed E-state index contributed by atoms with van der Waals surface area (Å²) in [5, 5.41) is 11.5. The zero-order valence-corrected chi connectivity index (χ0v) is 11.4. The molecule has 0 radical (unpaired) electrons. The van der Waals surface area contributed by atoms with Crippen molar-refractivity contribution >= 4 is 12.0 Å². The normalized spacial score (nSPS) is 12.6. The van der Waals surface area contributed by atoms with Crippen LogP contribution < -0.4 is 5.32 Å². The lowest BCUT2D eigenvalue weighted by Crippen LogP contribution is -2.51. The molecule has 100 valence electrons. The fourth-order valence-corrected chi connectivity index (χ4v) is 1.75. The van der Waals surface area contributed by atoms with Gasteiger partial charge in [0, 0.05) is 13.1 Å². The maximum atomic E-state index is 11.9. The number of rotatable bonds is 6. The molecule has 0 spiro atoms. The third-order valence-electron chi connectivity index (χ3n) is 3.02. The Morgan fingerprint density at radius 2 is 1.71 bits per heavy atom. The maximum absolute atomic E-state index is 11.9. The van der Waals surface area contributed by atoms with E-state index in [2.05, 4.69) is 5.32 Å². The Bertz CT molecular complexity index is 262. The number of carbonyl (C=O) groups is 2. The third kappa shape index (κ3) is 4.63. The Kier molecular flexibility index (Phi) is 6.61. The molecular formula is C12H24N2O3. The molecule has 0 unspecified atom stereocenters. The first-order valence-electron chi connectivity index (χ1n) is 6.11. The van der Waals surface area contributed by atoms with Crippen LogP contribution in [0.25, 0.3) is 0 Å². The molecule has 0 aliphatic carbocycles. The van der Waals surface area contributed by atoms with Gasteiger partial charge >= 0.3 is 12.0 Å². The number of hydrogen-bond acceptors (Lipinski definition) is 2. The van der Waals surface area contributed by atoms with E-state index in [4.69, 9.17) is 5.11 Å². The fraction of sp³-hybridized carbons (Fsp3) is 0.833. The molecule has 5 nitrogen and oxygen atoms in total. The van der Waals surface area contributed by atoms with Crippen LogP contribution in [0.15, 0.2) is 0 Å². The van der Waals surface area contributed by atoms with E-state index in [1.54, 1.807) is 25.8 Å². The summed E-state index contributed by atoms with van der Waals surface area (Å²) in [6.45, 7) is 7.57. The number of aliphatic carboxylic acids is 1. The van der Waals surface area contributed by atoms with E-state index in [-0.39, 0.29) is 18.0 Å². The highest BCUT2D eigenvalue weighted by molar-refractivity contribution is 5.82. The standard InChI is InChI=1S/C12H24N2O3/c1-6-9(7-2)14(5)12(17)13-10(8(3)4)11(15)16/h8-10H,6-7H2,1-5H3,(H,13,17)(H,15,16)/t10-/m1/s1. The summed E-state index contributed by atoms with van der Waals surface area (Å²) in [6, 6.07) is -1.00. The first-order valence-corrected chi connectivity index (χ1v) is 6.11. The van der Waals surface area contributed by atoms with Gasteiger partial charge in [0.15, 0.2) is 0 Å². The molecule has 0 aliphatic heterocycles. The molecule has 2 N–H and O–H groups in total. The number of amides is 2. The molecule has 0 fully saturated rings. The van der Waals surface area contributed by atoms with Crippen LogP contribution in [0.1, 0.15) is 40.5 Å². The molecule has 0 bridgehead atoms. The van der Waals surface area contributed by atoms with Crippen molar-refractivity contribution in [1.82, 2.24) is 10.2 Å². The molecule has 0 rings (SSSR count). The van der Waals surface area contributed by atoms with Crippen LogP contribution in [0, 0.1) is 5.92 Å². The van der Waals surface area contributed by atoms with Crippen molar-refractivity contribution in [3.8, 4) is 0 Å². The van der Waals surface area contributed by atoms with Crippen molar-refractivity contribution in [2.24, 2.45) is 5.92 Å². The molecule has 2 amide bonds. The highest BCUT2D eigenvalue weighted by atomic mass is 16.4. The summed E-state index contributed by atoms with van der Waals surface area (Å²) >= 11 is 0. The topological polar surface area (TPSA) is 69.6 Å². The summed E-state index contributed by atoms with van der Waals surface area (Å²) in [5.74, 6) is -1.13. The summed E-state index contributed by atoms with van der Waals surface area (Å²) < 4.78 is 0. The Morgan fingerprint density at radius 1 is 1.24 bits per heavy atom. The number of nitrogens with zero attached hydrogens (tertiary/aromatic N) is 1. The van der Waals surface area contributed by atoms with Crippen LogP contribution >= 0.6 is 0 Å². The second-order valence-corrected chi connectivity index (χ2v) is 4.59. The Balaban J connectivity index is 4.55.